The topological polar surface area (TPSA) is 69.9 Å². The minimum absolute atomic E-state index is 0.132. The van der Waals surface area contributed by atoms with E-state index in [1.54, 1.807) is 17.8 Å². The molecule has 0 aliphatic rings. The van der Waals surface area contributed by atoms with Crippen molar-refractivity contribution in [2.45, 2.75) is 26.3 Å². The van der Waals surface area contributed by atoms with E-state index in [0.717, 1.165) is 11.3 Å². The Hall–Kier alpha value is -1.95. The fourth-order valence-electron chi connectivity index (χ4n) is 1.78. The summed E-state index contributed by atoms with van der Waals surface area (Å²) in [5.41, 5.74) is 2.60. The van der Waals surface area contributed by atoms with Crippen molar-refractivity contribution in [3.05, 3.63) is 41.0 Å². The number of carbonyl (C=O) groups is 1. The van der Waals surface area contributed by atoms with Gasteiger partial charge in [0.05, 0.1) is 30.4 Å². The van der Waals surface area contributed by atoms with E-state index in [0.29, 0.717) is 12.2 Å². The lowest BCUT2D eigenvalue weighted by atomic mass is 10.2. The van der Waals surface area contributed by atoms with E-state index in [-0.39, 0.29) is 18.2 Å². The second-order valence-electron chi connectivity index (χ2n) is 4.16. The molecule has 0 N–H and O–H groups in total. The Morgan fingerprint density at radius 2 is 2.30 bits per heavy atom. The molecule has 0 aromatic carbocycles. The van der Waals surface area contributed by atoms with Crippen LogP contribution in [0, 0.1) is 6.92 Å². The number of halogens is 1. The summed E-state index contributed by atoms with van der Waals surface area (Å²) in [6, 6.07) is 3.83. The third kappa shape index (κ3) is 2.96. The van der Waals surface area contributed by atoms with Gasteiger partial charge >= 0.3 is 5.97 Å². The molecule has 2 rings (SSSR count). The van der Waals surface area contributed by atoms with Crippen LogP contribution in [0.3, 0.4) is 0 Å². The monoisotopic (exact) mass is 294 g/mol. The molecule has 0 unspecified atom stereocenters. The van der Waals surface area contributed by atoms with Crippen LogP contribution in [-0.4, -0.2) is 32.6 Å². The molecule has 0 aliphatic heterocycles. The molecule has 6 nitrogen and oxygen atoms in total. The van der Waals surface area contributed by atoms with E-state index in [9.17, 15) is 4.79 Å². The highest BCUT2D eigenvalue weighted by Gasteiger charge is 2.20. The molecule has 0 aliphatic carbocycles. The van der Waals surface area contributed by atoms with Crippen molar-refractivity contribution < 1.29 is 9.53 Å². The van der Waals surface area contributed by atoms with Gasteiger partial charge in [0.2, 0.25) is 0 Å². The Morgan fingerprint density at radius 1 is 1.50 bits per heavy atom. The van der Waals surface area contributed by atoms with Gasteiger partial charge in [0.15, 0.2) is 5.69 Å². The van der Waals surface area contributed by atoms with Gasteiger partial charge in [-0.3, -0.25) is 4.98 Å². The maximum Gasteiger partial charge on any atom is 0.360 e. The molecule has 106 valence electrons. The highest BCUT2D eigenvalue weighted by molar-refractivity contribution is 6.17. The number of aryl methyl sites for hydroxylation is 1. The van der Waals surface area contributed by atoms with Crippen LogP contribution >= 0.6 is 11.6 Å². The van der Waals surface area contributed by atoms with Gasteiger partial charge in [-0.2, -0.15) is 0 Å². The van der Waals surface area contributed by atoms with Crippen molar-refractivity contribution in [3.63, 3.8) is 0 Å². The van der Waals surface area contributed by atoms with Gasteiger partial charge in [0.1, 0.15) is 0 Å². The number of nitrogens with zero attached hydrogens (tertiary/aromatic N) is 4. The van der Waals surface area contributed by atoms with Gasteiger partial charge in [-0.15, -0.1) is 16.7 Å². The molecule has 0 spiro atoms. The van der Waals surface area contributed by atoms with Gasteiger partial charge in [-0.25, -0.2) is 9.48 Å². The fraction of sp³-hybridized carbons (Fsp3) is 0.385. The SMILES string of the molecule is CCOC(=O)c1nnn(Cc2ncccc2C)c1CCl. The second kappa shape index (κ2) is 6.47. The first-order valence-electron chi connectivity index (χ1n) is 6.23. The van der Waals surface area contributed by atoms with Crippen LogP contribution in [0.25, 0.3) is 0 Å². The molecule has 0 radical (unpaired) electrons. The van der Waals surface area contributed by atoms with Crippen LogP contribution < -0.4 is 0 Å². The zero-order valence-electron chi connectivity index (χ0n) is 11.3. The summed E-state index contributed by atoms with van der Waals surface area (Å²) in [6.07, 6.45) is 1.71. The lowest BCUT2D eigenvalue weighted by Gasteiger charge is -2.07. The van der Waals surface area contributed by atoms with Gasteiger partial charge < -0.3 is 4.74 Å². The minimum Gasteiger partial charge on any atom is -0.461 e. The number of aromatic nitrogens is 4. The molecule has 0 atom stereocenters. The first-order chi connectivity index (χ1) is 9.67. The van der Waals surface area contributed by atoms with E-state index in [2.05, 4.69) is 15.3 Å². The number of hydrogen-bond acceptors (Lipinski definition) is 5. The molecule has 0 amide bonds. The maximum atomic E-state index is 11.7. The zero-order valence-corrected chi connectivity index (χ0v) is 12.1. The van der Waals surface area contributed by atoms with Crippen molar-refractivity contribution in [1.82, 2.24) is 20.0 Å². The van der Waals surface area contributed by atoms with Crippen LogP contribution in [0.4, 0.5) is 0 Å². The quantitative estimate of drug-likeness (QED) is 0.622. The molecule has 2 heterocycles. The van der Waals surface area contributed by atoms with E-state index in [4.69, 9.17) is 16.3 Å². The molecular weight excluding hydrogens is 280 g/mol. The Labute approximate surface area is 121 Å². The van der Waals surface area contributed by atoms with E-state index in [1.165, 1.54) is 0 Å². The largest absolute Gasteiger partial charge is 0.461 e. The summed E-state index contributed by atoms with van der Waals surface area (Å²) >= 11 is 5.90. The minimum atomic E-state index is -0.507. The second-order valence-corrected chi connectivity index (χ2v) is 4.43. The number of hydrogen-bond donors (Lipinski definition) is 0. The maximum absolute atomic E-state index is 11.7. The van der Waals surface area contributed by atoms with Gasteiger partial charge in [0, 0.05) is 6.20 Å². The van der Waals surface area contributed by atoms with Gasteiger partial charge in [0.25, 0.3) is 0 Å². The average Bonchev–Trinajstić information content (AvgIpc) is 2.84. The molecule has 0 saturated heterocycles. The molecule has 0 fully saturated rings. The van der Waals surface area contributed by atoms with E-state index < -0.39 is 5.97 Å². The summed E-state index contributed by atoms with van der Waals surface area (Å²) in [4.78, 5) is 16.0. The first-order valence-corrected chi connectivity index (χ1v) is 6.76. The number of ether oxygens (including phenoxy) is 1. The Bertz CT molecular complexity index is 612. The highest BCUT2D eigenvalue weighted by Crippen LogP contribution is 2.13. The van der Waals surface area contributed by atoms with Crippen LogP contribution in [0.1, 0.15) is 34.4 Å². The molecule has 2 aromatic heterocycles. The predicted molar refractivity (Wildman–Crippen MR) is 73.6 cm³/mol. The summed E-state index contributed by atoms with van der Waals surface area (Å²) in [6.45, 7) is 4.40. The third-order valence-corrected chi connectivity index (χ3v) is 3.10. The Kier molecular flexibility index (Phi) is 4.68. The Balaban J connectivity index is 2.29. The van der Waals surface area contributed by atoms with Crippen LogP contribution in [0.15, 0.2) is 18.3 Å². The third-order valence-electron chi connectivity index (χ3n) is 2.85. The number of rotatable bonds is 5. The van der Waals surface area contributed by atoms with E-state index >= 15 is 0 Å². The van der Waals surface area contributed by atoms with Crippen molar-refractivity contribution in [1.29, 1.82) is 0 Å². The van der Waals surface area contributed by atoms with Crippen molar-refractivity contribution in [3.8, 4) is 0 Å². The molecule has 20 heavy (non-hydrogen) atoms. The number of esters is 1. The summed E-state index contributed by atoms with van der Waals surface area (Å²) in [5, 5.41) is 7.83. The molecule has 0 bridgehead atoms. The first kappa shape index (κ1) is 14.5. The highest BCUT2D eigenvalue weighted by atomic mass is 35.5. The molecule has 2 aromatic rings. The summed E-state index contributed by atoms with van der Waals surface area (Å²) < 4.78 is 6.51. The van der Waals surface area contributed by atoms with Crippen LogP contribution in [0.5, 0.6) is 0 Å². The average molecular weight is 295 g/mol. The fourth-order valence-corrected chi connectivity index (χ4v) is 2.04. The predicted octanol–water partition coefficient (Wildman–Crippen LogP) is 1.95. The standard InChI is InChI=1S/C13H15ClN4O2/c1-3-20-13(19)12-11(7-14)18(17-16-12)8-10-9(2)5-4-6-15-10/h4-6H,3,7-8H2,1-2H3. The molecule has 0 saturated carbocycles. The van der Waals surface area contributed by atoms with Crippen molar-refractivity contribution in [2.75, 3.05) is 6.61 Å². The number of alkyl halides is 1. The van der Waals surface area contributed by atoms with E-state index in [1.807, 2.05) is 19.1 Å². The number of pyridine rings is 1. The number of carbonyl (C=O) groups excluding carboxylic acids is 1. The smallest absolute Gasteiger partial charge is 0.360 e. The van der Waals surface area contributed by atoms with Crippen molar-refractivity contribution in [2.24, 2.45) is 0 Å². The lowest BCUT2D eigenvalue weighted by Crippen LogP contribution is -2.11. The molecular formula is C13H15ClN4O2. The summed E-state index contributed by atoms with van der Waals surface area (Å²) in [7, 11) is 0. The van der Waals surface area contributed by atoms with Crippen LogP contribution in [-0.2, 0) is 17.2 Å². The summed E-state index contributed by atoms with van der Waals surface area (Å²) in [5.74, 6) is -0.375. The molecule has 7 heteroatoms. The van der Waals surface area contributed by atoms with Crippen LogP contribution in [0.2, 0.25) is 0 Å². The Morgan fingerprint density at radius 3 is 2.95 bits per heavy atom. The normalized spacial score (nSPS) is 10.6. The van der Waals surface area contributed by atoms with Gasteiger partial charge in [-0.05, 0) is 25.5 Å². The van der Waals surface area contributed by atoms with Gasteiger partial charge in [-0.1, -0.05) is 11.3 Å². The lowest BCUT2D eigenvalue weighted by molar-refractivity contribution is 0.0518. The zero-order chi connectivity index (χ0) is 14.5. The van der Waals surface area contributed by atoms with Crippen molar-refractivity contribution >= 4 is 17.6 Å².